The molecular formula is C19H22N2O5. The summed E-state index contributed by atoms with van der Waals surface area (Å²) in [5, 5.41) is 0.705. The summed E-state index contributed by atoms with van der Waals surface area (Å²) in [7, 11) is 0. The lowest BCUT2D eigenvalue weighted by molar-refractivity contribution is -0.145. The summed E-state index contributed by atoms with van der Waals surface area (Å²) >= 11 is 0. The van der Waals surface area contributed by atoms with E-state index < -0.39 is 23.5 Å². The summed E-state index contributed by atoms with van der Waals surface area (Å²) in [5.74, 6) is -0.284. The van der Waals surface area contributed by atoms with Crippen molar-refractivity contribution < 1.29 is 23.8 Å². The molecule has 1 unspecified atom stereocenters. The van der Waals surface area contributed by atoms with E-state index in [0.29, 0.717) is 16.7 Å². The second-order valence-electron chi connectivity index (χ2n) is 6.71. The highest BCUT2D eigenvalue weighted by molar-refractivity contribution is 5.84. The first-order valence-electron chi connectivity index (χ1n) is 8.09. The summed E-state index contributed by atoms with van der Waals surface area (Å²) in [5.41, 5.74) is -0.0472. The summed E-state index contributed by atoms with van der Waals surface area (Å²) in [6.45, 7) is 10.2. The van der Waals surface area contributed by atoms with Crippen molar-refractivity contribution in [2.24, 2.45) is 5.41 Å². The largest absolute Gasteiger partial charge is 0.485 e. The molecular weight excluding hydrogens is 336 g/mol. The van der Waals surface area contributed by atoms with Crippen LogP contribution >= 0.6 is 0 Å². The van der Waals surface area contributed by atoms with Gasteiger partial charge in [0.15, 0.2) is 17.6 Å². The van der Waals surface area contributed by atoms with Crippen LogP contribution in [0, 0.1) is 5.41 Å². The Balaban J connectivity index is 2.32. The minimum Gasteiger partial charge on any atom is -0.485 e. The van der Waals surface area contributed by atoms with Crippen molar-refractivity contribution in [3.05, 3.63) is 37.3 Å². The zero-order valence-corrected chi connectivity index (χ0v) is 15.3. The van der Waals surface area contributed by atoms with E-state index in [1.165, 1.54) is 19.3 Å². The van der Waals surface area contributed by atoms with Gasteiger partial charge >= 0.3 is 11.9 Å². The van der Waals surface area contributed by atoms with Crippen LogP contribution < -0.4 is 9.47 Å². The van der Waals surface area contributed by atoms with Crippen molar-refractivity contribution in [1.82, 2.24) is 9.97 Å². The molecule has 0 aliphatic rings. The van der Waals surface area contributed by atoms with Crippen LogP contribution in [0.1, 0.15) is 27.7 Å². The Kier molecular flexibility index (Phi) is 5.92. The molecule has 0 radical (unpaired) electrons. The first-order chi connectivity index (χ1) is 12.2. The van der Waals surface area contributed by atoms with Crippen LogP contribution in [0.3, 0.4) is 0 Å². The van der Waals surface area contributed by atoms with Gasteiger partial charge in [-0.15, -0.1) is 0 Å². The number of ether oxygens (including phenoxy) is 3. The quantitative estimate of drug-likeness (QED) is 0.445. The van der Waals surface area contributed by atoms with Crippen LogP contribution in [0.25, 0.3) is 10.9 Å². The van der Waals surface area contributed by atoms with E-state index in [4.69, 9.17) is 14.2 Å². The van der Waals surface area contributed by atoms with E-state index in [-0.39, 0.29) is 12.4 Å². The van der Waals surface area contributed by atoms with E-state index >= 15 is 0 Å². The first-order valence-corrected chi connectivity index (χ1v) is 8.09. The molecule has 0 N–H and O–H groups in total. The van der Waals surface area contributed by atoms with Gasteiger partial charge in [-0.3, -0.25) is 9.59 Å². The van der Waals surface area contributed by atoms with Crippen LogP contribution in [0.4, 0.5) is 0 Å². The Hall–Kier alpha value is -2.96. The molecule has 1 aromatic carbocycles. The number of nitrogens with zero attached hydrogens (tertiary/aromatic N) is 2. The number of rotatable bonds is 6. The molecule has 0 aliphatic heterocycles. The van der Waals surface area contributed by atoms with Crippen LogP contribution in [0.2, 0.25) is 0 Å². The van der Waals surface area contributed by atoms with Gasteiger partial charge in [-0.2, -0.15) is 0 Å². The normalized spacial score (nSPS) is 12.3. The fourth-order valence-electron chi connectivity index (χ4n) is 1.97. The van der Waals surface area contributed by atoms with E-state index in [0.717, 1.165) is 0 Å². The van der Waals surface area contributed by atoms with Crippen molar-refractivity contribution >= 4 is 22.8 Å². The molecule has 0 amide bonds. The van der Waals surface area contributed by atoms with Gasteiger partial charge in [0.05, 0.1) is 10.9 Å². The van der Waals surface area contributed by atoms with Crippen LogP contribution in [0.15, 0.2) is 37.3 Å². The van der Waals surface area contributed by atoms with Gasteiger partial charge in [0.25, 0.3) is 0 Å². The zero-order chi connectivity index (χ0) is 19.3. The molecule has 7 heteroatoms. The lowest BCUT2D eigenvalue weighted by Gasteiger charge is -2.19. The van der Waals surface area contributed by atoms with Gasteiger partial charge in [-0.1, -0.05) is 6.58 Å². The number of fused-ring (bicyclic) bond motifs is 1. The maximum absolute atomic E-state index is 12.3. The molecule has 2 rings (SSSR count). The predicted octanol–water partition coefficient (Wildman–Crippen LogP) is 3.08. The van der Waals surface area contributed by atoms with Gasteiger partial charge in [-0.25, -0.2) is 9.97 Å². The molecule has 7 nitrogen and oxygen atoms in total. The summed E-state index contributed by atoms with van der Waals surface area (Å²) < 4.78 is 16.3. The molecule has 1 atom stereocenters. The minimum absolute atomic E-state index is 0.0275. The number of carbonyl (C=O) groups excluding carboxylic acids is 2. The van der Waals surface area contributed by atoms with E-state index in [2.05, 4.69) is 16.5 Å². The van der Waals surface area contributed by atoms with E-state index in [9.17, 15) is 9.59 Å². The van der Waals surface area contributed by atoms with Gasteiger partial charge in [0, 0.05) is 24.6 Å². The van der Waals surface area contributed by atoms with Gasteiger partial charge in [0.2, 0.25) is 0 Å². The van der Waals surface area contributed by atoms with Crippen molar-refractivity contribution in [1.29, 1.82) is 0 Å². The van der Waals surface area contributed by atoms with E-state index in [1.54, 1.807) is 39.1 Å². The zero-order valence-electron chi connectivity index (χ0n) is 15.3. The topological polar surface area (TPSA) is 87.6 Å². The molecule has 138 valence electrons. The number of hydrogen-bond donors (Lipinski definition) is 0. The Morgan fingerprint density at radius 2 is 2.00 bits per heavy atom. The maximum Gasteiger partial charge on any atom is 0.316 e. The Labute approximate surface area is 152 Å². The minimum atomic E-state index is -0.680. The van der Waals surface area contributed by atoms with Gasteiger partial charge < -0.3 is 14.2 Å². The molecule has 0 aliphatic carbocycles. The summed E-state index contributed by atoms with van der Waals surface area (Å²) in [4.78, 5) is 31.5. The maximum atomic E-state index is 12.3. The second-order valence-corrected chi connectivity index (χ2v) is 6.71. The third kappa shape index (κ3) is 5.02. The third-order valence-corrected chi connectivity index (χ3v) is 3.37. The molecule has 0 saturated heterocycles. The molecule has 2 aromatic rings. The molecule has 26 heavy (non-hydrogen) atoms. The smallest absolute Gasteiger partial charge is 0.316 e. The van der Waals surface area contributed by atoms with Gasteiger partial charge in [0.1, 0.15) is 12.9 Å². The molecule has 0 bridgehead atoms. The Morgan fingerprint density at radius 1 is 1.27 bits per heavy atom. The van der Waals surface area contributed by atoms with Crippen LogP contribution in [0.5, 0.6) is 11.5 Å². The number of carbonyl (C=O) groups is 2. The van der Waals surface area contributed by atoms with Crippen molar-refractivity contribution in [2.75, 3.05) is 6.61 Å². The fourth-order valence-corrected chi connectivity index (χ4v) is 1.97. The molecule has 1 aromatic heterocycles. The second kappa shape index (κ2) is 7.95. The van der Waals surface area contributed by atoms with Crippen LogP contribution in [-0.2, 0) is 14.3 Å². The number of benzene rings is 1. The first kappa shape index (κ1) is 19.4. The highest BCUT2D eigenvalue weighted by Gasteiger charge is 2.25. The SMILES string of the molecule is C=CC(COc1cc2ncncc2cc1OC(=O)C(C)(C)C)OC(C)=O. The third-order valence-electron chi connectivity index (χ3n) is 3.37. The fraction of sp³-hybridized carbons (Fsp3) is 0.368. The molecule has 0 saturated carbocycles. The van der Waals surface area contributed by atoms with Crippen molar-refractivity contribution in [3.63, 3.8) is 0 Å². The number of esters is 2. The molecule has 0 fully saturated rings. The standard InChI is InChI=1S/C19H22N2O5/c1-6-14(25-12(2)22)10-24-16-8-15-13(9-20-11-21-15)7-17(16)26-18(23)19(3,4)5/h6-9,11,14H,1,10H2,2-5H3. The molecule has 1 heterocycles. The molecule has 0 spiro atoms. The number of hydrogen-bond acceptors (Lipinski definition) is 7. The van der Waals surface area contributed by atoms with Crippen LogP contribution in [-0.4, -0.2) is 34.6 Å². The van der Waals surface area contributed by atoms with Gasteiger partial charge in [-0.05, 0) is 32.9 Å². The lowest BCUT2D eigenvalue weighted by atomic mass is 9.97. The van der Waals surface area contributed by atoms with Crippen molar-refractivity contribution in [2.45, 2.75) is 33.8 Å². The van der Waals surface area contributed by atoms with Crippen molar-refractivity contribution in [3.8, 4) is 11.5 Å². The number of aromatic nitrogens is 2. The Bertz CT molecular complexity index is 826. The highest BCUT2D eigenvalue weighted by Crippen LogP contribution is 2.33. The van der Waals surface area contributed by atoms with E-state index in [1.807, 2.05) is 0 Å². The average Bonchev–Trinajstić information content (AvgIpc) is 2.57. The predicted molar refractivity (Wildman–Crippen MR) is 95.9 cm³/mol. The summed E-state index contributed by atoms with van der Waals surface area (Å²) in [6, 6.07) is 3.29. The summed E-state index contributed by atoms with van der Waals surface area (Å²) in [6.07, 6.45) is 3.87. The monoisotopic (exact) mass is 358 g/mol. The Morgan fingerprint density at radius 3 is 2.62 bits per heavy atom. The highest BCUT2D eigenvalue weighted by atomic mass is 16.6. The average molecular weight is 358 g/mol. The lowest BCUT2D eigenvalue weighted by Crippen LogP contribution is -2.26.